The van der Waals surface area contributed by atoms with Gasteiger partial charge in [-0.1, -0.05) is 7.43 Å². The zero-order chi connectivity index (χ0) is 4.99. The molecule has 0 unspecified atom stereocenters. The van der Waals surface area contributed by atoms with Gasteiger partial charge in [-0.2, -0.15) is 5.06 Å². The first-order valence-corrected chi connectivity index (χ1v) is 2.07. The first-order chi connectivity index (χ1) is 2.77. The summed E-state index contributed by atoms with van der Waals surface area (Å²) < 4.78 is 0. The molecule has 7 heavy (non-hydrogen) atoms. The average Bonchev–Trinajstić information content (AvgIpc) is 1.35. The van der Waals surface area contributed by atoms with Crippen molar-refractivity contribution in [3.8, 4) is 0 Å². The Kier molecular flexibility index (Phi) is 8.47. The first kappa shape index (κ1) is 10.0. The molecule has 0 aliphatic rings. The zero-order valence-corrected chi connectivity index (χ0v) is 4.56. The number of hydroxylamine groups is 2. The van der Waals surface area contributed by atoms with E-state index < -0.39 is 0 Å². The molecule has 0 aromatic carbocycles. The third kappa shape index (κ3) is 10.7. The molecule has 0 saturated carbocycles. The van der Waals surface area contributed by atoms with Crippen LogP contribution in [0.5, 0.6) is 0 Å². The number of hydrogen-bond acceptors (Lipinski definition) is 2. The van der Waals surface area contributed by atoms with Gasteiger partial charge in [0.1, 0.15) is 0 Å². The fourth-order valence-corrected chi connectivity index (χ4v) is 0.258. The van der Waals surface area contributed by atoms with Crippen molar-refractivity contribution in [3.63, 3.8) is 0 Å². The van der Waals surface area contributed by atoms with Gasteiger partial charge >= 0.3 is 0 Å². The van der Waals surface area contributed by atoms with Gasteiger partial charge in [0, 0.05) is 14.1 Å². The highest BCUT2D eigenvalue weighted by Gasteiger charge is 1.77. The summed E-state index contributed by atoms with van der Waals surface area (Å²) in [6.07, 6.45) is 0. The molecule has 0 rings (SSSR count). The van der Waals surface area contributed by atoms with E-state index in [-0.39, 0.29) is 7.43 Å². The highest BCUT2D eigenvalue weighted by atomic mass is 16.7. The van der Waals surface area contributed by atoms with Gasteiger partial charge in [0.05, 0.1) is 6.61 Å². The molecule has 0 saturated heterocycles. The molecule has 0 radical (unpaired) electrons. The molecule has 0 heterocycles. The van der Waals surface area contributed by atoms with Crippen molar-refractivity contribution in [2.24, 2.45) is 0 Å². The molecule has 0 amide bonds. The van der Waals surface area contributed by atoms with Crippen LogP contribution in [0.4, 0.5) is 0 Å². The van der Waals surface area contributed by atoms with Crippen LogP contribution in [0, 0.1) is 0 Å². The molecule has 2 heteroatoms. The van der Waals surface area contributed by atoms with E-state index >= 15 is 0 Å². The zero-order valence-electron chi connectivity index (χ0n) is 4.56. The van der Waals surface area contributed by atoms with E-state index in [0.29, 0.717) is 0 Å². The van der Waals surface area contributed by atoms with E-state index in [1.807, 2.05) is 21.0 Å². The molecule has 0 fully saturated rings. The van der Waals surface area contributed by atoms with Gasteiger partial charge in [-0.05, 0) is 6.92 Å². The van der Waals surface area contributed by atoms with Gasteiger partial charge < -0.3 is 0 Å². The lowest BCUT2D eigenvalue weighted by Gasteiger charge is -2.05. The van der Waals surface area contributed by atoms with Crippen LogP contribution >= 0.6 is 0 Å². The van der Waals surface area contributed by atoms with Crippen LogP contribution in [0.25, 0.3) is 0 Å². The molecular weight excluding hydrogens is 90.1 g/mol. The van der Waals surface area contributed by atoms with E-state index in [9.17, 15) is 0 Å². The summed E-state index contributed by atoms with van der Waals surface area (Å²) in [4.78, 5) is 4.88. The maximum Gasteiger partial charge on any atom is 0.0656 e. The lowest BCUT2D eigenvalue weighted by Crippen LogP contribution is -2.11. The summed E-state index contributed by atoms with van der Waals surface area (Å²) in [6, 6.07) is 0. The minimum atomic E-state index is 0. The lowest BCUT2D eigenvalue weighted by atomic mass is 10.9. The molecule has 0 spiro atoms. The summed E-state index contributed by atoms with van der Waals surface area (Å²) in [6.45, 7) is 2.72. The Balaban J connectivity index is 0. The first-order valence-electron chi connectivity index (χ1n) is 2.07. The molecule has 0 aromatic rings. The van der Waals surface area contributed by atoms with Crippen molar-refractivity contribution in [3.05, 3.63) is 0 Å². The Morgan fingerprint density at radius 2 is 1.86 bits per heavy atom. The van der Waals surface area contributed by atoms with Gasteiger partial charge in [-0.3, -0.25) is 4.84 Å². The quantitative estimate of drug-likeness (QED) is 0.488. The second kappa shape index (κ2) is 5.92. The minimum Gasteiger partial charge on any atom is -0.300 e. The number of hydrogen-bond donors (Lipinski definition) is 0. The SMILES string of the molecule is C.CCON(C)C. The minimum absolute atomic E-state index is 0. The van der Waals surface area contributed by atoms with E-state index in [2.05, 4.69) is 0 Å². The van der Waals surface area contributed by atoms with Gasteiger partial charge in [-0.15, -0.1) is 0 Å². The maximum atomic E-state index is 4.88. The largest absolute Gasteiger partial charge is 0.300 e. The van der Waals surface area contributed by atoms with Crippen LogP contribution in [-0.2, 0) is 4.84 Å². The molecule has 0 atom stereocenters. The van der Waals surface area contributed by atoms with Crippen molar-refractivity contribution < 1.29 is 4.84 Å². The Morgan fingerprint density at radius 3 is 1.86 bits per heavy atom. The fraction of sp³-hybridized carbons (Fsp3) is 1.00. The molecule has 0 N–H and O–H groups in total. The molecule has 0 bridgehead atoms. The Labute approximate surface area is 46.0 Å². The highest BCUT2D eigenvalue weighted by molar-refractivity contribution is 4.06. The predicted octanol–water partition coefficient (Wildman–Crippen LogP) is 1.14. The number of nitrogens with zero attached hydrogens (tertiary/aromatic N) is 1. The standard InChI is InChI=1S/C4H11NO.CH4/c1-4-6-5(2)3;/h4H2,1-3H3;1H4. The molecule has 0 aliphatic heterocycles. The van der Waals surface area contributed by atoms with Gasteiger partial charge in [-0.25, -0.2) is 0 Å². The van der Waals surface area contributed by atoms with Crippen LogP contribution in [0.15, 0.2) is 0 Å². The second-order valence-electron chi connectivity index (χ2n) is 1.23. The van der Waals surface area contributed by atoms with Crippen LogP contribution in [0.2, 0.25) is 0 Å². The summed E-state index contributed by atoms with van der Waals surface area (Å²) in [5.74, 6) is 0. The van der Waals surface area contributed by atoms with E-state index in [1.54, 1.807) is 5.06 Å². The Bertz CT molecular complexity index is 29.3. The topological polar surface area (TPSA) is 12.5 Å². The smallest absolute Gasteiger partial charge is 0.0656 e. The monoisotopic (exact) mass is 105 g/mol. The van der Waals surface area contributed by atoms with E-state index in [1.165, 1.54) is 0 Å². The van der Waals surface area contributed by atoms with Crippen molar-refractivity contribution >= 4 is 0 Å². The van der Waals surface area contributed by atoms with Gasteiger partial charge in [0.2, 0.25) is 0 Å². The predicted molar refractivity (Wildman–Crippen MR) is 32.0 cm³/mol. The molecule has 2 nitrogen and oxygen atoms in total. The molecule has 46 valence electrons. The molecular formula is C5H15NO. The normalized spacial score (nSPS) is 8.57. The average molecular weight is 105 g/mol. The van der Waals surface area contributed by atoms with Crippen LogP contribution in [0.3, 0.4) is 0 Å². The van der Waals surface area contributed by atoms with Crippen molar-refractivity contribution in [2.45, 2.75) is 14.4 Å². The fourth-order valence-electron chi connectivity index (χ4n) is 0.258. The third-order valence-electron chi connectivity index (χ3n) is 0.387. The third-order valence-corrected chi connectivity index (χ3v) is 0.387. The molecule has 0 aromatic heterocycles. The van der Waals surface area contributed by atoms with E-state index in [4.69, 9.17) is 4.84 Å². The summed E-state index contributed by atoms with van der Waals surface area (Å²) >= 11 is 0. The van der Waals surface area contributed by atoms with Crippen molar-refractivity contribution in [1.82, 2.24) is 5.06 Å². The van der Waals surface area contributed by atoms with Crippen molar-refractivity contribution in [1.29, 1.82) is 0 Å². The van der Waals surface area contributed by atoms with Crippen molar-refractivity contribution in [2.75, 3.05) is 20.7 Å². The maximum absolute atomic E-state index is 4.88. The number of rotatable bonds is 2. The lowest BCUT2D eigenvalue weighted by molar-refractivity contribution is -0.113. The summed E-state index contributed by atoms with van der Waals surface area (Å²) in [5.41, 5.74) is 0. The van der Waals surface area contributed by atoms with Gasteiger partial charge in [0.15, 0.2) is 0 Å². The Hall–Kier alpha value is -0.0800. The Morgan fingerprint density at radius 1 is 1.43 bits per heavy atom. The van der Waals surface area contributed by atoms with Crippen LogP contribution in [-0.4, -0.2) is 25.8 Å². The van der Waals surface area contributed by atoms with E-state index in [0.717, 1.165) is 6.61 Å². The van der Waals surface area contributed by atoms with Gasteiger partial charge in [0.25, 0.3) is 0 Å². The van der Waals surface area contributed by atoms with Crippen LogP contribution in [0.1, 0.15) is 14.4 Å². The highest BCUT2D eigenvalue weighted by Crippen LogP contribution is 1.72. The molecule has 0 aliphatic carbocycles. The summed E-state index contributed by atoms with van der Waals surface area (Å²) in [5, 5.41) is 1.68. The summed E-state index contributed by atoms with van der Waals surface area (Å²) in [7, 11) is 3.73. The van der Waals surface area contributed by atoms with Crippen LogP contribution < -0.4 is 0 Å². The second-order valence-corrected chi connectivity index (χ2v) is 1.23.